The number of nitrogens with two attached hydrogens (primary N) is 1. The number of aliphatic hydroxyl groups is 1. The van der Waals surface area contributed by atoms with Crippen molar-refractivity contribution in [1.29, 1.82) is 0 Å². The minimum absolute atomic E-state index is 0.0119. The molecule has 0 spiro atoms. The standard InChI is InChI=1S/C4H9NO5S/c5-3(1-2-6)4(7)10-11(8)9/h3,6,11H,1-2,5H2/t3-/m0/s1. The van der Waals surface area contributed by atoms with Crippen LogP contribution in [0.2, 0.25) is 0 Å². The molecule has 0 aliphatic carbocycles. The quantitative estimate of drug-likeness (QED) is 0.426. The Labute approximate surface area is 65.1 Å². The molecule has 6 nitrogen and oxygen atoms in total. The van der Waals surface area contributed by atoms with Gasteiger partial charge in [0.2, 0.25) is 0 Å². The fourth-order valence-corrected chi connectivity index (χ4v) is 0.680. The van der Waals surface area contributed by atoms with E-state index in [2.05, 4.69) is 4.18 Å². The smallest absolute Gasteiger partial charge is 0.338 e. The highest BCUT2D eigenvalue weighted by Crippen LogP contribution is 1.90. The van der Waals surface area contributed by atoms with Crippen LogP contribution in [0.1, 0.15) is 6.42 Å². The van der Waals surface area contributed by atoms with Crippen LogP contribution in [-0.4, -0.2) is 32.1 Å². The van der Waals surface area contributed by atoms with E-state index in [0.29, 0.717) is 0 Å². The van der Waals surface area contributed by atoms with Crippen LogP contribution in [0.4, 0.5) is 0 Å². The summed E-state index contributed by atoms with van der Waals surface area (Å²) >= 11 is 0. The summed E-state index contributed by atoms with van der Waals surface area (Å²) in [6.45, 7) is -0.286. The molecule has 0 bridgehead atoms. The summed E-state index contributed by atoms with van der Waals surface area (Å²) < 4.78 is 23.3. The largest absolute Gasteiger partial charge is 0.396 e. The normalized spacial score (nSPS) is 13.0. The van der Waals surface area contributed by atoms with Gasteiger partial charge in [-0.3, -0.25) is 0 Å². The van der Waals surface area contributed by atoms with Gasteiger partial charge in [0.1, 0.15) is 6.04 Å². The molecule has 0 aromatic carbocycles. The minimum Gasteiger partial charge on any atom is -0.396 e. The molecular formula is C4H9NO5S. The van der Waals surface area contributed by atoms with Crippen molar-refractivity contribution >= 4 is 17.0 Å². The van der Waals surface area contributed by atoms with E-state index in [1.54, 1.807) is 0 Å². The van der Waals surface area contributed by atoms with Crippen LogP contribution in [0.15, 0.2) is 0 Å². The Morgan fingerprint density at radius 1 is 1.64 bits per heavy atom. The Hall–Kier alpha value is -0.660. The van der Waals surface area contributed by atoms with Crippen LogP contribution in [0.25, 0.3) is 0 Å². The van der Waals surface area contributed by atoms with Crippen molar-refractivity contribution in [2.75, 3.05) is 6.61 Å². The second kappa shape index (κ2) is 5.05. The molecule has 0 radical (unpaired) electrons. The summed E-state index contributed by atoms with van der Waals surface area (Å²) in [6, 6.07) is -1.08. The first-order chi connectivity index (χ1) is 5.07. The Balaban J connectivity index is 3.82. The van der Waals surface area contributed by atoms with E-state index in [9.17, 15) is 13.2 Å². The third-order valence-corrected chi connectivity index (χ3v) is 1.24. The van der Waals surface area contributed by atoms with E-state index in [1.807, 2.05) is 0 Å². The zero-order valence-electron chi connectivity index (χ0n) is 5.60. The van der Waals surface area contributed by atoms with Gasteiger partial charge in [0, 0.05) is 6.61 Å². The number of carbonyl (C=O) groups is 1. The van der Waals surface area contributed by atoms with Crippen molar-refractivity contribution in [3.63, 3.8) is 0 Å². The first-order valence-corrected chi connectivity index (χ1v) is 3.90. The van der Waals surface area contributed by atoms with E-state index in [4.69, 9.17) is 10.8 Å². The zero-order valence-corrected chi connectivity index (χ0v) is 6.49. The molecule has 3 N–H and O–H groups in total. The molecule has 1 atom stereocenters. The molecule has 0 saturated heterocycles. The van der Waals surface area contributed by atoms with Gasteiger partial charge < -0.3 is 15.0 Å². The summed E-state index contributed by atoms with van der Waals surface area (Å²) in [5.41, 5.74) is 5.07. The molecule has 0 aromatic rings. The number of hydrogen-bond acceptors (Lipinski definition) is 6. The predicted octanol–water partition coefficient (Wildman–Crippen LogP) is -2.23. The molecule has 0 aliphatic rings. The molecule has 0 aromatic heterocycles. The second-order valence-electron chi connectivity index (χ2n) is 1.75. The third kappa shape index (κ3) is 4.71. The topological polar surface area (TPSA) is 107 Å². The van der Waals surface area contributed by atoms with Crippen LogP contribution in [0.3, 0.4) is 0 Å². The average molecular weight is 183 g/mol. The van der Waals surface area contributed by atoms with Gasteiger partial charge in [0.25, 0.3) is 0 Å². The van der Waals surface area contributed by atoms with Crippen LogP contribution >= 0.6 is 0 Å². The van der Waals surface area contributed by atoms with E-state index >= 15 is 0 Å². The van der Waals surface area contributed by atoms with Crippen molar-refractivity contribution < 1.29 is 22.5 Å². The summed E-state index contributed by atoms with van der Waals surface area (Å²) in [6.07, 6.45) is -0.0119. The predicted molar refractivity (Wildman–Crippen MR) is 36.1 cm³/mol. The van der Waals surface area contributed by atoms with Crippen molar-refractivity contribution in [2.24, 2.45) is 5.73 Å². The summed E-state index contributed by atoms with van der Waals surface area (Å²) in [5.74, 6) is -1.05. The summed E-state index contributed by atoms with van der Waals surface area (Å²) in [4.78, 5) is 10.5. The monoisotopic (exact) mass is 183 g/mol. The molecule has 0 saturated carbocycles. The maximum absolute atomic E-state index is 10.5. The van der Waals surface area contributed by atoms with Crippen LogP contribution < -0.4 is 5.73 Å². The van der Waals surface area contributed by atoms with Crippen molar-refractivity contribution in [2.45, 2.75) is 12.5 Å². The molecule has 0 rings (SSSR count). The molecule has 0 unspecified atom stereocenters. The van der Waals surface area contributed by atoms with Gasteiger partial charge in [-0.15, -0.1) is 0 Å². The lowest BCUT2D eigenvalue weighted by Gasteiger charge is -2.04. The van der Waals surface area contributed by atoms with Gasteiger partial charge in [-0.25, -0.2) is 4.79 Å². The molecule has 7 heteroatoms. The molecule has 0 heterocycles. The number of carbonyl (C=O) groups excluding carboxylic acids is 1. The van der Waals surface area contributed by atoms with Gasteiger partial charge in [-0.05, 0) is 6.42 Å². The van der Waals surface area contributed by atoms with Crippen LogP contribution in [0, 0.1) is 0 Å². The van der Waals surface area contributed by atoms with E-state index < -0.39 is 23.0 Å². The lowest BCUT2D eigenvalue weighted by atomic mass is 10.2. The highest BCUT2D eigenvalue weighted by Gasteiger charge is 2.14. The number of thiol groups is 1. The summed E-state index contributed by atoms with van der Waals surface area (Å²) in [7, 11) is -3.19. The fraction of sp³-hybridized carbons (Fsp3) is 0.750. The third-order valence-electron chi connectivity index (χ3n) is 0.907. The van der Waals surface area contributed by atoms with Crippen LogP contribution in [-0.2, 0) is 20.0 Å². The van der Waals surface area contributed by atoms with E-state index in [1.165, 1.54) is 0 Å². The van der Waals surface area contributed by atoms with Crippen molar-refractivity contribution in [3.05, 3.63) is 0 Å². The SMILES string of the molecule is N[C@@H](CCO)C(=O)O[SH](=O)=O. The highest BCUT2D eigenvalue weighted by atomic mass is 32.2. The first-order valence-electron chi connectivity index (χ1n) is 2.80. The molecule has 0 amide bonds. The van der Waals surface area contributed by atoms with Gasteiger partial charge in [-0.1, -0.05) is 0 Å². The maximum atomic E-state index is 10.5. The average Bonchev–Trinajstić information content (AvgIpc) is 1.86. The zero-order chi connectivity index (χ0) is 8.85. The molecule has 11 heavy (non-hydrogen) atoms. The van der Waals surface area contributed by atoms with Crippen LogP contribution in [0.5, 0.6) is 0 Å². The lowest BCUT2D eigenvalue weighted by Crippen LogP contribution is -2.32. The van der Waals surface area contributed by atoms with Gasteiger partial charge >= 0.3 is 17.0 Å². The van der Waals surface area contributed by atoms with E-state index in [0.717, 1.165) is 0 Å². The molecule has 0 aliphatic heterocycles. The Morgan fingerprint density at radius 2 is 2.18 bits per heavy atom. The molecular weight excluding hydrogens is 174 g/mol. The molecule has 0 fully saturated rings. The Morgan fingerprint density at radius 3 is 2.55 bits per heavy atom. The number of aliphatic hydroxyl groups excluding tert-OH is 1. The van der Waals surface area contributed by atoms with Crippen molar-refractivity contribution in [1.82, 2.24) is 0 Å². The number of rotatable bonds is 4. The minimum atomic E-state index is -3.19. The fourth-order valence-electron chi connectivity index (χ4n) is 0.398. The summed E-state index contributed by atoms with van der Waals surface area (Å²) in [5, 5.41) is 8.28. The Kier molecular flexibility index (Phi) is 4.75. The Bertz CT molecular complexity index is 193. The second-order valence-corrected chi connectivity index (χ2v) is 2.38. The first kappa shape index (κ1) is 10.3. The van der Waals surface area contributed by atoms with Gasteiger partial charge in [0.05, 0.1) is 0 Å². The molecule has 66 valence electrons. The maximum Gasteiger partial charge on any atom is 0.338 e. The highest BCUT2D eigenvalue weighted by molar-refractivity contribution is 7.67. The van der Waals surface area contributed by atoms with Crippen molar-refractivity contribution in [3.8, 4) is 0 Å². The number of hydrogen-bond donors (Lipinski definition) is 3. The van der Waals surface area contributed by atoms with Gasteiger partial charge in [0.15, 0.2) is 0 Å². The van der Waals surface area contributed by atoms with E-state index in [-0.39, 0.29) is 13.0 Å². The van der Waals surface area contributed by atoms with Gasteiger partial charge in [-0.2, -0.15) is 8.42 Å². The lowest BCUT2D eigenvalue weighted by molar-refractivity contribution is -0.135.